The minimum absolute atomic E-state index is 0.260. The van der Waals surface area contributed by atoms with Gasteiger partial charge in [0, 0.05) is 12.5 Å². The van der Waals surface area contributed by atoms with Crippen LogP contribution in [0.25, 0.3) is 0 Å². The van der Waals surface area contributed by atoms with Crippen molar-refractivity contribution in [3.8, 4) is 0 Å². The molecule has 10 nitrogen and oxygen atoms in total. The molecule has 1 aliphatic heterocycles. The summed E-state index contributed by atoms with van der Waals surface area (Å²) in [5.41, 5.74) is 0. The predicted octanol–water partition coefficient (Wildman–Crippen LogP) is 10.5. The van der Waals surface area contributed by atoms with Gasteiger partial charge >= 0.3 is 11.9 Å². The first-order chi connectivity index (χ1) is 28.3. The van der Waals surface area contributed by atoms with E-state index in [1.54, 1.807) is 6.08 Å². The van der Waals surface area contributed by atoms with Gasteiger partial charge in [0.05, 0.1) is 13.2 Å². The van der Waals surface area contributed by atoms with Gasteiger partial charge in [-0.2, -0.15) is 0 Å². The van der Waals surface area contributed by atoms with Crippen molar-refractivity contribution in [2.45, 2.75) is 250 Å². The van der Waals surface area contributed by atoms with Crippen LogP contribution in [0.3, 0.4) is 0 Å². The molecule has 0 amide bonds. The number of unbranched alkanes of at least 4 members (excludes halogenated alkanes) is 28. The summed E-state index contributed by atoms with van der Waals surface area (Å²) in [6.07, 6.45) is 36.7. The lowest BCUT2D eigenvalue weighted by Gasteiger charge is -2.39. The Hall–Kier alpha value is -1.82. The molecule has 4 N–H and O–H groups in total. The van der Waals surface area contributed by atoms with Gasteiger partial charge in [-0.3, -0.25) is 4.79 Å². The molecule has 2 unspecified atom stereocenters. The highest BCUT2D eigenvalue weighted by molar-refractivity contribution is 5.82. The first-order valence-corrected chi connectivity index (χ1v) is 24.0. The van der Waals surface area contributed by atoms with Crippen LogP contribution in [0.4, 0.5) is 0 Å². The van der Waals surface area contributed by atoms with Gasteiger partial charge in [-0.05, 0) is 19.3 Å². The molecule has 0 radical (unpaired) electrons. The summed E-state index contributed by atoms with van der Waals surface area (Å²) >= 11 is 0. The Labute approximate surface area is 353 Å². The topological polar surface area (TPSA) is 152 Å². The van der Waals surface area contributed by atoms with Crippen LogP contribution in [-0.4, -0.2) is 89.0 Å². The van der Waals surface area contributed by atoms with E-state index in [9.17, 15) is 30.0 Å². The molecular formula is C48H88O10. The molecule has 6 atom stereocenters. The molecule has 340 valence electrons. The number of carbonyl (C=O) groups excluding carboxylic acids is 2. The van der Waals surface area contributed by atoms with Crippen molar-refractivity contribution < 1.29 is 49.0 Å². The Balaban J connectivity index is 2.33. The first-order valence-electron chi connectivity index (χ1n) is 24.0. The smallest absolute Gasteiger partial charge is 0.331 e. The molecule has 0 aromatic heterocycles. The minimum Gasteiger partial charge on any atom is -0.462 e. The van der Waals surface area contributed by atoms with Crippen LogP contribution in [0.15, 0.2) is 24.3 Å². The van der Waals surface area contributed by atoms with E-state index in [-0.39, 0.29) is 19.6 Å². The lowest BCUT2D eigenvalue weighted by atomic mass is 9.99. The Kier molecular flexibility index (Phi) is 36.7. The maximum absolute atomic E-state index is 12.7. The zero-order chi connectivity index (χ0) is 42.3. The highest BCUT2D eigenvalue weighted by Gasteiger charge is 2.44. The number of hydrogen-bond acceptors (Lipinski definition) is 10. The van der Waals surface area contributed by atoms with Crippen LogP contribution < -0.4 is 0 Å². The number of carbonyl (C=O) groups is 2. The second-order valence-electron chi connectivity index (χ2n) is 16.6. The van der Waals surface area contributed by atoms with E-state index in [2.05, 4.69) is 13.8 Å². The zero-order valence-electron chi connectivity index (χ0n) is 37.1. The van der Waals surface area contributed by atoms with Crippen molar-refractivity contribution in [3.63, 3.8) is 0 Å². The van der Waals surface area contributed by atoms with Gasteiger partial charge in [-0.1, -0.05) is 205 Å². The maximum Gasteiger partial charge on any atom is 0.331 e. The average molecular weight is 825 g/mol. The van der Waals surface area contributed by atoms with E-state index in [1.807, 2.05) is 12.2 Å². The lowest BCUT2D eigenvalue weighted by Crippen LogP contribution is -2.59. The van der Waals surface area contributed by atoms with Crippen LogP contribution >= 0.6 is 0 Å². The number of esters is 2. The minimum atomic E-state index is -1.61. The zero-order valence-corrected chi connectivity index (χ0v) is 37.1. The van der Waals surface area contributed by atoms with E-state index < -0.39 is 55.4 Å². The van der Waals surface area contributed by atoms with Crippen LogP contribution in [0.5, 0.6) is 0 Å². The normalized spacial score (nSPS) is 20.3. The maximum atomic E-state index is 12.7. The second-order valence-corrected chi connectivity index (χ2v) is 16.6. The van der Waals surface area contributed by atoms with Gasteiger partial charge in [-0.15, -0.1) is 0 Å². The number of rotatable bonds is 40. The third-order valence-electron chi connectivity index (χ3n) is 11.2. The van der Waals surface area contributed by atoms with Gasteiger partial charge in [0.15, 0.2) is 12.4 Å². The predicted molar refractivity (Wildman–Crippen MR) is 233 cm³/mol. The monoisotopic (exact) mass is 825 g/mol. The third-order valence-corrected chi connectivity index (χ3v) is 11.2. The van der Waals surface area contributed by atoms with Gasteiger partial charge < -0.3 is 39.4 Å². The Morgan fingerprint density at radius 3 is 1.48 bits per heavy atom. The molecule has 0 spiro atoms. The third kappa shape index (κ3) is 30.2. The Bertz CT molecular complexity index is 1000. The molecule has 1 rings (SSSR count). The number of ether oxygens (including phenoxy) is 4. The number of aliphatic hydroxyl groups is 4. The second kappa shape index (κ2) is 39.3. The lowest BCUT2D eigenvalue weighted by molar-refractivity contribution is -0.305. The Morgan fingerprint density at radius 1 is 0.569 bits per heavy atom. The Morgan fingerprint density at radius 2 is 1.02 bits per heavy atom. The van der Waals surface area contributed by atoms with E-state index in [0.717, 1.165) is 32.1 Å². The summed E-state index contributed by atoms with van der Waals surface area (Å²) < 4.78 is 22.0. The van der Waals surface area contributed by atoms with Crippen LogP contribution in [0.2, 0.25) is 0 Å². The quantitative estimate of drug-likeness (QED) is 0.0203. The molecule has 0 bridgehead atoms. The summed E-state index contributed by atoms with van der Waals surface area (Å²) in [4.78, 5) is 25.2. The molecule has 0 aliphatic carbocycles. The molecule has 1 aliphatic rings. The summed E-state index contributed by atoms with van der Waals surface area (Å²) in [6.45, 7) is 3.34. The van der Waals surface area contributed by atoms with Gasteiger partial charge in [-0.25, -0.2) is 4.79 Å². The molecule has 0 aromatic rings. The van der Waals surface area contributed by atoms with Gasteiger partial charge in [0.1, 0.15) is 31.0 Å². The molecule has 10 heteroatoms. The molecular weight excluding hydrogens is 737 g/mol. The average Bonchev–Trinajstić information content (AvgIpc) is 3.22. The number of allylic oxidation sites excluding steroid dienone is 3. The summed E-state index contributed by atoms with van der Waals surface area (Å²) in [5, 5.41) is 40.1. The van der Waals surface area contributed by atoms with Crippen LogP contribution in [0, 0.1) is 0 Å². The van der Waals surface area contributed by atoms with E-state index >= 15 is 0 Å². The van der Waals surface area contributed by atoms with Crippen LogP contribution in [-0.2, 0) is 28.5 Å². The highest BCUT2D eigenvalue weighted by atomic mass is 16.7. The van der Waals surface area contributed by atoms with Crippen molar-refractivity contribution >= 4 is 11.9 Å². The van der Waals surface area contributed by atoms with Crippen molar-refractivity contribution in [1.82, 2.24) is 0 Å². The highest BCUT2D eigenvalue weighted by Crippen LogP contribution is 2.23. The van der Waals surface area contributed by atoms with Crippen LogP contribution in [0.1, 0.15) is 213 Å². The molecule has 1 saturated heterocycles. The molecule has 58 heavy (non-hydrogen) atoms. The van der Waals surface area contributed by atoms with Gasteiger partial charge in [0.2, 0.25) is 0 Å². The summed E-state index contributed by atoms with van der Waals surface area (Å²) in [5.74, 6) is -1.05. The summed E-state index contributed by atoms with van der Waals surface area (Å²) in [6, 6.07) is 0. The van der Waals surface area contributed by atoms with Crippen molar-refractivity contribution in [3.05, 3.63) is 24.3 Å². The van der Waals surface area contributed by atoms with Crippen molar-refractivity contribution in [1.29, 1.82) is 0 Å². The fourth-order valence-corrected chi connectivity index (χ4v) is 7.39. The molecule has 0 saturated carbocycles. The van der Waals surface area contributed by atoms with E-state index in [1.165, 1.54) is 167 Å². The standard InChI is InChI=1S/C48H88O10/c1-3-5-7-9-11-13-15-17-19-20-21-23-24-26-28-30-32-34-36-43(50)55-39-41(40-56-48-47(54)46(53)45(52)42(38-49)58-48)57-44(51)37-35-33-31-29-27-25-22-18-16-14-12-10-8-6-4-2/h31,33,35,37,41-42,45-49,52-54H,3-30,32,34,36,38-40H2,1-2H3/b33-31+,37-35+/t41-,42-,45+,46?,47?,48-/m0/s1. The fourth-order valence-electron chi connectivity index (χ4n) is 7.39. The number of hydrogen-bond donors (Lipinski definition) is 4. The van der Waals surface area contributed by atoms with Crippen molar-refractivity contribution in [2.24, 2.45) is 0 Å². The number of aliphatic hydroxyl groups excluding tert-OH is 4. The fraction of sp³-hybridized carbons (Fsp3) is 0.875. The molecule has 0 aromatic carbocycles. The van der Waals surface area contributed by atoms with Gasteiger partial charge in [0.25, 0.3) is 0 Å². The van der Waals surface area contributed by atoms with E-state index in [4.69, 9.17) is 18.9 Å². The molecule has 1 heterocycles. The van der Waals surface area contributed by atoms with Crippen molar-refractivity contribution in [2.75, 3.05) is 19.8 Å². The first kappa shape index (κ1) is 54.2. The SMILES string of the molecule is CCCCCCCCCCCCC/C=C/C=C/C(=O)O[C@@H](COC(=O)CCCCCCCCCCCCCCCCCCCC)CO[C@H]1O[C@@H](CO)[C@@H](O)C(O)C1O. The van der Waals surface area contributed by atoms with E-state index in [0.29, 0.717) is 0 Å². The largest absolute Gasteiger partial charge is 0.462 e. The summed E-state index contributed by atoms with van der Waals surface area (Å²) in [7, 11) is 0. The molecule has 1 fully saturated rings.